The third-order valence-corrected chi connectivity index (χ3v) is 3.78. The maximum Gasteiger partial charge on any atom is 0.238 e. The molecule has 0 bridgehead atoms. The van der Waals surface area contributed by atoms with Gasteiger partial charge in [0.15, 0.2) is 0 Å². The number of carbonyl (C=O) groups excluding carboxylic acids is 1. The Kier molecular flexibility index (Phi) is 4.20. The van der Waals surface area contributed by atoms with Crippen molar-refractivity contribution >= 4 is 5.91 Å². The van der Waals surface area contributed by atoms with Gasteiger partial charge >= 0.3 is 0 Å². The van der Waals surface area contributed by atoms with Crippen LogP contribution < -0.4 is 5.32 Å². The Hall–Kier alpha value is -1.42. The summed E-state index contributed by atoms with van der Waals surface area (Å²) >= 11 is 0. The fraction of sp³-hybridized carbons (Fsp3) is 0.533. The van der Waals surface area contributed by atoms with Gasteiger partial charge in [-0.1, -0.05) is 18.2 Å². The highest BCUT2D eigenvalue weighted by atomic mass is 19.1. The van der Waals surface area contributed by atoms with Crippen LogP contribution in [0.4, 0.5) is 4.39 Å². The van der Waals surface area contributed by atoms with E-state index >= 15 is 0 Å². The van der Waals surface area contributed by atoms with Gasteiger partial charge in [-0.25, -0.2) is 4.39 Å². The Labute approximate surface area is 113 Å². The molecule has 1 aromatic rings. The number of likely N-dealkylation sites (N-methyl/N-ethyl adjacent to an activating group) is 1. The van der Waals surface area contributed by atoms with Crippen molar-refractivity contribution in [3.05, 3.63) is 35.6 Å². The molecule has 1 unspecified atom stereocenters. The summed E-state index contributed by atoms with van der Waals surface area (Å²) in [6.07, 6.45) is 1.79. The molecule has 1 aliphatic rings. The maximum absolute atomic E-state index is 13.6. The molecule has 1 N–H and O–H groups in total. The fourth-order valence-electron chi connectivity index (χ4n) is 2.63. The molecule has 4 heteroatoms. The van der Waals surface area contributed by atoms with Crippen LogP contribution in [0.2, 0.25) is 0 Å². The predicted molar refractivity (Wildman–Crippen MR) is 73.5 cm³/mol. The van der Waals surface area contributed by atoms with Crippen LogP contribution in [0.5, 0.6) is 0 Å². The summed E-state index contributed by atoms with van der Waals surface area (Å²) in [5, 5.41) is 3.30. The minimum atomic E-state index is -0.179. The van der Waals surface area contributed by atoms with Crippen LogP contribution in [-0.2, 0) is 4.79 Å². The fourth-order valence-corrected chi connectivity index (χ4v) is 2.63. The lowest BCUT2D eigenvalue weighted by Crippen LogP contribution is -2.50. The number of benzene rings is 1. The molecule has 1 amide bonds. The van der Waals surface area contributed by atoms with E-state index in [2.05, 4.69) is 5.32 Å². The number of hydrogen-bond donors (Lipinski definition) is 1. The van der Waals surface area contributed by atoms with Crippen LogP contribution in [0, 0.1) is 5.82 Å². The zero-order valence-corrected chi connectivity index (χ0v) is 11.7. The summed E-state index contributed by atoms with van der Waals surface area (Å²) in [6, 6.07) is 7.08. The van der Waals surface area contributed by atoms with Gasteiger partial charge in [-0.3, -0.25) is 4.79 Å². The summed E-state index contributed by atoms with van der Waals surface area (Å²) < 4.78 is 13.6. The molecule has 1 saturated carbocycles. The summed E-state index contributed by atoms with van der Waals surface area (Å²) in [4.78, 5) is 13.3. The van der Waals surface area contributed by atoms with E-state index in [1.54, 1.807) is 25.1 Å². The predicted octanol–water partition coefficient (Wildman–Crippen LogP) is 2.14. The minimum Gasteiger partial charge on any atom is -0.347 e. The van der Waals surface area contributed by atoms with Crippen molar-refractivity contribution in [2.45, 2.75) is 37.8 Å². The standard InChI is InChI=1S/C15H21FN2O/c1-10(15(19)18(2)3)17-12-8-11(9-12)13-6-4-5-7-14(13)16/h4-7,10-12,17H,8-9H2,1-3H3. The van der Waals surface area contributed by atoms with Crippen LogP contribution in [-0.4, -0.2) is 37.0 Å². The Morgan fingerprint density at radius 3 is 2.58 bits per heavy atom. The zero-order valence-electron chi connectivity index (χ0n) is 11.7. The van der Waals surface area contributed by atoms with E-state index in [0.717, 1.165) is 18.4 Å². The number of rotatable bonds is 4. The highest BCUT2D eigenvalue weighted by Gasteiger charge is 2.33. The van der Waals surface area contributed by atoms with Crippen LogP contribution in [0.1, 0.15) is 31.2 Å². The smallest absolute Gasteiger partial charge is 0.238 e. The second-order valence-corrected chi connectivity index (χ2v) is 5.51. The van der Waals surface area contributed by atoms with E-state index in [4.69, 9.17) is 0 Å². The lowest BCUT2D eigenvalue weighted by Gasteiger charge is -2.38. The van der Waals surface area contributed by atoms with Gasteiger partial charge in [0.2, 0.25) is 5.91 Å². The molecule has 0 spiro atoms. The normalized spacial score (nSPS) is 23.6. The molecule has 0 aromatic heterocycles. The molecule has 1 atom stereocenters. The Morgan fingerprint density at radius 1 is 1.37 bits per heavy atom. The Bertz CT molecular complexity index is 455. The number of nitrogens with one attached hydrogen (secondary N) is 1. The molecule has 0 heterocycles. The first-order chi connectivity index (χ1) is 8.99. The van der Waals surface area contributed by atoms with Crippen molar-refractivity contribution in [3.63, 3.8) is 0 Å². The zero-order chi connectivity index (χ0) is 14.0. The van der Waals surface area contributed by atoms with Gasteiger partial charge in [0.1, 0.15) is 5.82 Å². The van der Waals surface area contributed by atoms with E-state index in [1.165, 1.54) is 6.07 Å². The molecular formula is C15H21FN2O. The first kappa shape index (κ1) is 14.0. The number of hydrogen-bond acceptors (Lipinski definition) is 2. The van der Waals surface area contributed by atoms with Crippen LogP contribution >= 0.6 is 0 Å². The van der Waals surface area contributed by atoms with E-state index in [0.29, 0.717) is 6.04 Å². The number of amides is 1. The van der Waals surface area contributed by atoms with Crippen molar-refractivity contribution in [3.8, 4) is 0 Å². The van der Waals surface area contributed by atoms with Crippen molar-refractivity contribution < 1.29 is 9.18 Å². The summed E-state index contributed by atoms with van der Waals surface area (Å²) in [5.74, 6) is 0.234. The largest absolute Gasteiger partial charge is 0.347 e. The molecule has 2 rings (SSSR count). The van der Waals surface area contributed by atoms with Crippen LogP contribution in [0.3, 0.4) is 0 Å². The van der Waals surface area contributed by atoms with Crippen LogP contribution in [0.15, 0.2) is 24.3 Å². The average Bonchev–Trinajstić information content (AvgIpc) is 2.33. The van der Waals surface area contributed by atoms with Gasteiger partial charge in [0.25, 0.3) is 0 Å². The maximum atomic E-state index is 13.6. The molecule has 19 heavy (non-hydrogen) atoms. The first-order valence-electron chi connectivity index (χ1n) is 6.70. The number of nitrogens with zero attached hydrogens (tertiary/aromatic N) is 1. The van der Waals surface area contributed by atoms with Crippen molar-refractivity contribution in [1.29, 1.82) is 0 Å². The van der Waals surface area contributed by atoms with Gasteiger partial charge in [-0.2, -0.15) is 0 Å². The third kappa shape index (κ3) is 3.13. The molecule has 1 aliphatic carbocycles. The van der Waals surface area contributed by atoms with Gasteiger partial charge < -0.3 is 10.2 Å². The van der Waals surface area contributed by atoms with Crippen molar-refractivity contribution in [2.24, 2.45) is 0 Å². The SMILES string of the molecule is CC(NC1CC(c2ccccc2F)C1)C(=O)N(C)C. The molecule has 0 saturated heterocycles. The minimum absolute atomic E-state index is 0.0781. The number of halogens is 1. The van der Waals surface area contributed by atoms with E-state index in [9.17, 15) is 9.18 Å². The summed E-state index contributed by atoms with van der Waals surface area (Å²) in [5.41, 5.74) is 0.798. The van der Waals surface area contributed by atoms with Gasteiger partial charge in [0.05, 0.1) is 6.04 Å². The molecule has 1 fully saturated rings. The van der Waals surface area contributed by atoms with Gasteiger partial charge in [-0.05, 0) is 37.3 Å². The highest BCUT2D eigenvalue weighted by molar-refractivity contribution is 5.80. The molecule has 0 radical (unpaired) electrons. The summed E-state index contributed by atoms with van der Waals surface area (Å²) in [7, 11) is 3.51. The lowest BCUT2D eigenvalue weighted by atomic mass is 9.75. The van der Waals surface area contributed by atoms with Crippen molar-refractivity contribution in [1.82, 2.24) is 10.2 Å². The first-order valence-corrected chi connectivity index (χ1v) is 6.70. The van der Waals surface area contributed by atoms with Gasteiger partial charge in [0, 0.05) is 20.1 Å². The van der Waals surface area contributed by atoms with E-state index < -0.39 is 0 Å². The molecule has 0 aliphatic heterocycles. The topological polar surface area (TPSA) is 32.3 Å². The Morgan fingerprint density at radius 2 is 2.00 bits per heavy atom. The quantitative estimate of drug-likeness (QED) is 0.903. The molecule has 1 aromatic carbocycles. The van der Waals surface area contributed by atoms with Gasteiger partial charge in [-0.15, -0.1) is 0 Å². The van der Waals surface area contributed by atoms with E-state index in [-0.39, 0.29) is 23.7 Å². The lowest BCUT2D eigenvalue weighted by molar-refractivity contribution is -0.130. The van der Waals surface area contributed by atoms with E-state index in [1.807, 2.05) is 19.1 Å². The monoisotopic (exact) mass is 264 g/mol. The highest BCUT2D eigenvalue weighted by Crippen LogP contribution is 2.38. The Balaban J connectivity index is 1.84. The van der Waals surface area contributed by atoms with Crippen molar-refractivity contribution in [2.75, 3.05) is 14.1 Å². The number of carbonyl (C=O) groups is 1. The summed E-state index contributed by atoms with van der Waals surface area (Å²) in [6.45, 7) is 1.87. The average molecular weight is 264 g/mol. The molecule has 3 nitrogen and oxygen atoms in total. The second kappa shape index (κ2) is 5.70. The molecule has 104 valence electrons. The molecular weight excluding hydrogens is 243 g/mol. The van der Waals surface area contributed by atoms with Crippen LogP contribution in [0.25, 0.3) is 0 Å². The second-order valence-electron chi connectivity index (χ2n) is 5.51. The third-order valence-electron chi connectivity index (χ3n) is 3.78.